The minimum absolute atomic E-state index is 0.00755. The summed E-state index contributed by atoms with van der Waals surface area (Å²) in [5.74, 6) is 0.836. The third-order valence-corrected chi connectivity index (χ3v) is 4.52. The molecule has 0 saturated heterocycles. The Morgan fingerprint density at radius 3 is 2.39 bits per heavy atom. The topological polar surface area (TPSA) is 71.3 Å². The van der Waals surface area contributed by atoms with Crippen LogP contribution in [0.1, 0.15) is 23.6 Å². The van der Waals surface area contributed by atoms with Crippen molar-refractivity contribution in [2.75, 3.05) is 11.9 Å². The van der Waals surface area contributed by atoms with Gasteiger partial charge in [0.2, 0.25) is 0 Å². The predicted octanol–water partition coefficient (Wildman–Crippen LogP) is 5.52. The van der Waals surface area contributed by atoms with Gasteiger partial charge < -0.3 is 14.8 Å². The number of para-hydroxylation sites is 1. The van der Waals surface area contributed by atoms with E-state index in [2.05, 4.69) is 5.32 Å². The molecule has 5 heteroatoms. The second kappa shape index (κ2) is 10.7. The van der Waals surface area contributed by atoms with E-state index in [1.54, 1.807) is 36.4 Å². The molecule has 0 radical (unpaired) electrons. The van der Waals surface area contributed by atoms with Crippen molar-refractivity contribution in [2.24, 2.45) is 0 Å². The lowest BCUT2D eigenvalue weighted by Crippen LogP contribution is -2.13. The molecule has 3 rings (SSSR count). The molecule has 3 aromatic rings. The molecule has 0 aromatic heterocycles. The largest absolute Gasteiger partial charge is 0.493 e. The number of hydrogen-bond donors (Lipinski definition) is 1. The Morgan fingerprint density at radius 2 is 1.71 bits per heavy atom. The molecular formula is C26H24N2O3. The monoisotopic (exact) mass is 412 g/mol. The van der Waals surface area contributed by atoms with Crippen molar-refractivity contribution in [2.45, 2.75) is 20.5 Å². The summed E-state index contributed by atoms with van der Waals surface area (Å²) in [6.07, 6.45) is 1.53. The molecule has 0 saturated carbocycles. The molecular weight excluding hydrogens is 388 g/mol. The summed E-state index contributed by atoms with van der Waals surface area (Å²) in [6.45, 7) is 4.89. The summed E-state index contributed by atoms with van der Waals surface area (Å²) >= 11 is 0. The maximum Gasteiger partial charge on any atom is 0.266 e. The van der Waals surface area contributed by atoms with Gasteiger partial charge in [-0.05, 0) is 55.8 Å². The van der Waals surface area contributed by atoms with Gasteiger partial charge in [0.1, 0.15) is 29.7 Å². The van der Waals surface area contributed by atoms with Gasteiger partial charge in [0.05, 0.1) is 6.61 Å². The first kappa shape index (κ1) is 21.7. The molecule has 0 aliphatic rings. The standard InChI is InChI=1S/C26H24N2O3/c1-3-30-25-7-5-4-6-21(25)16-22(17-27)26(29)28-23-12-14-24(15-13-23)31-18-20-10-8-19(2)9-11-20/h4-16H,3,18H2,1-2H3,(H,28,29)/b22-16+. The van der Waals surface area contributed by atoms with Gasteiger partial charge in [-0.1, -0.05) is 48.0 Å². The number of hydrogen-bond acceptors (Lipinski definition) is 4. The molecule has 0 spiro atoms. The summed E-state index contributed by atoms with van der Waals surface area (Å²) in [6, 6.07) is 24.4. The fraction of sp³-hybridized carbons (Fsp3) is 0.154. The number of rotatable bonds is 8. The van der Waals surface area contributed by atoms with Gasteiger partial charge in [-0.25, -0.2) is 0 Å². The van der Waals surface area contributed by atoms with Crippen molar-refractivity contribution in [1.82, 2.24) is 0 Å². The van der Waals surface area contributed by atoms with Gasteiger partial charge in [-0.2, -0.15) is 5.26 Å². The number of carbonyl (C=O) groups excluding carboxylic acids is 1. The molecule has 1 N–H and O–H groups in total. The minimum Gasteiger partial charge on any atom is -0.493 e. The molecule has 156 valence electrons. The van der Waals surface area contributed by atoms with Gasteiger partial charge >= 0.3 is 0 Å². The van der Waals surface area contributed by atoms with Crippen LogP contribution >= 0.6 is 0 Å². The van der Waals surface area contributed by atoms with Crippen LogP contribution in [0.4, 0.5) is 5.69 Å². The van der Waals surface area contributed by atoms with Crippen molar-refractivity contribution < 1.29 is 14.3 Å². The third-order valence-electron chi connectivity index (χ3n) is 4.52. The van der Waals surface area contributed by atoms with Crippen LogP contribution < -0.4 is 14.8 Å². The molecule has 3 aromatic carbocycles. The number of nitrogens with zero attached hydrogens (tertiary/aromatic N) is 1. The van der Waals surface area contributed by atoms with Gasteiger partial charge in [-0.15, -0.1) is 0 Å². The van der Waals surface area contributed by atoms with Gasteiger partial charge in [0.25, 0.3) is 5.91 Å². The number of amides is 1. The summed E-state index contributed by atoms with van der Waals surface area (Å²) in [7, 11) is 0. The molecule has 0 atom stereocenters. The van der Waals surface area contributed by atoms with Crippen LogP contribution in [0.3, 0.4) is 0 Å². The zero-order chi connectivity index (χ0) is 22.1. The molecule has 0 bridgehead atoms. The zero-order valence-electron chi connectivity index (χ0n) is 17.6. The van der Waals surface area contributed by atoms with E-state index in [4.69, 9.17) is 9.47 Å². The Kier molecular flexibility index (Phi) is 7.45. The van der Waals surface area contributed by atoms with Crippen LogP contribution in [-0.4, -0.2) is 12.5 Å². The van der Waals surface area contributed by atoms with E-state index in [0.717, 1.165) is 5.56 Å². The van der Waals surface area contributed by atoms with E-state index in [9.17, 15) is 10.1 Å². The Labute approximate surface area is 182 Å². The van der Waals surface area contributed by atoms with Crippen LogP contribution in [0.15, 0.2) is 78.4 Å². The Bertz CT molecular complexity index is 1090. The molecule has 0 aliphatic carbocycles. The number of aryl methyl sites for hydroxylation is 1. The Morgan fingerprint density at radius 1 is 1.00 bits per heavy atom. The molecule has 5 nitrogen and oxygen atoms in total. The summed E-state index contributed by atoms with van der Waals surface area (Å²) < 4.78 is 11.3. The fourth-order valence-electron chi connectivity index (χ4n) is 2.87. The highest BCUT2D eigenvalue weighted by Crippen LogP contribution is 2.22. The quantitative estimate of drug-likeness (QED) is 0.391. The van der Waals surface area contributed by atoms with Crippen molar-refractivity contribution in [3.05, 3.63) is 95.1 Å². The number of ether oxygens (including phenoxy) is 2. The molecule has 0 heterocycles. The van der Waals surface area contributed by atoms with Crippen molar-refractivity contribution in [3.63, 3.8) is 0 Å². The van der Waals surface area contributed by atoms with Crippen LogP contribution in [0.5, 0.6) is 11.5 Å². The predicted molar refractivity (Wildman–Crippen MR) is 122 cm³/mol. The minimum atomic E-state index is -0.484. The first-order valence-electron chi connectivity index (χ1n) is 10.0. The average Bonchev–Trinajstić information content (AvgIpc) is 2.79. The van der Waals surface area contributed by atoms with Crippen LogP contribution in [0.2, 0.25) is 0 Å². The highest BCUT2D eigenvalue weighted by atomic mass is 16.5. The molecule has 31 heavy (non-hydrogen) atoms. The van der Waals surface area contributed by atoms with Crippen LogP contribution in [0.25, 0.3) is 6.08 Å². The third kappa shape index (κ3) is 6.22. The van der Waals surface area contributed by atoms with E-state index in [1.165, 1.54) is 11.6 Å². The van der Waals surface area contributed by atoms with Crippen LogP contribution in [-0.2, 0) is 11.4 Å². The highest BCUT2D eigenvalue weighted by Gasteiger charge is 2.11. The molecule has 1 amide bonds. The average molecular weight is 412 g/mol. The number of benzene rings is 3. The first-order valence-corrected chi connectivity index (χ1v) is 10.0. The first-order chi connectivity index (χ1) is 15.1. The second-order valence-corrected chi connectivity index (χ2v) is 6.89. The summed E-state index contributed by atoms with van der Waals surface area (Å²) in [5.41, 5.74) is 3.53. The maximum absolute atomic E-state index is 12.6. The number of carbonyl (C=O) groups is 1. The van der Waals surface area contributed by atoms with Crippen LogP contribution in [0, 0.1) is 18.3 Å². The van der Waals surface area contributed by atoms with Crippen molar-refractivity contribution in [3.8, 4) is 17.6 Å². The number of nitrogens with one attached hydrogen (secondary N) is 1. The van der Waals surface area contributed by atoms with Gasteiger partial charge in [-0.3, -0.25) is 4.79 Å². The fourth-order valence-corrected chi connectivity index (χ4v) is 2.87. The van der Waals surface area contributed by atoms with E-state index >= 15 is 0 Å². The second-order valence-electron chi connectivity index (χ2n) is 6.89. The maximum atomic E-state index is 12.6. The highest BCUT2D eigenvalue weighted by molar-refractivity contribution is 6.09. The Hall–Kier alpha value is -4.04. The van der Waals surface area contributed by atoms with E-state index in [-0.39, 0.29) is 5.57 Å². The van der Waals surface area contributed by atoms with E-state index < -0.39 is 5.91 Å². The van der Waals surface area contributed by atoms with E-state index in [1.807, 2.05) is 56.3 Å². The SMILES string of the molecule is CCOc1ccccc1/C=C(\C#N)C(=O)Nc1ccc(OCc2ccc(C)cc2)cc1. The lowest BCUT2D eigenvalue weighted by Gasteiger charge is -2.09. The molecule has 0 aliphatic heterocycles. The van der Waals surface area contributed by atoms with Gasteiger partial charge in [0, 0.05) is 11.3 Å². The summed E-state index contributed by atoms with van der Waals surface area (Å²) in [4.78, 5) is 12.6. The number of anilines is 1. The zero-order valence-corrected chi connectivity index (χ0v) is 17.6. The van der Waals surface area contributed by atoms with Crippen molar-refractivity contribution >= 4 is 17.7 Å². The Balaban J connectivity index is 1.64. The van der Waals surface area contributed by atoms with Gasteiger partial charge in [0.15, 0.2) is 0 Å². The lowest BCUT2D eigenvalue weighted by atomic mass is 10.1. The molecule has 0 fully saturated rings. The van der Waals surface area contributed by atoms with E-state index in [0.29, 0.717) is 36.0 Å². The molecule has 0 unspecified atom stereocenters. The normalized spacial score (nSPS) is 10.8. The lowest BCUT2D eigenvalue weighted by molar-refractivity contribution is -0.112. The summed E-state index contributed by atoms with van der Waals surface area (Å²) in [5, 5.41) is 12.2. The van der Waals surface area contributed by atoms with Crippen molar-refractivity contribution in [1.29, 1.82) is 5.26 Å². The smallest absolute Gasteiger partial charge is 0.266 e. The number of nitriles is 1.